The lowest BCUT2D eigenvalue weighted by Gasteiger charge is -2.26. The molecular weight excluding hydrogens is 390 g/mol. The number of unbranched alkanes of at least 4 members (excludes halogenated alkanes) is 1. The van der Waals surface area contributed by atoms with Crippen molar-refractivity contribution in [3.63, 3.8) is 0 Å². The molecule has 5 rings (SSSR count). The van der Waals surface area contributed by atoms with Crippen LogP contribution in [0.25, 0.3) is 21.1 Å². The summed E-state index contributed by atoms with van der Waals surface area (Å²) in [5.41, 5.74) is 3.40. The van der Waals surface area contributed by atoms with Gasteiger partial charge in [-0.3, -0.25) is 9.47 Å². The van der Waals surface area contributed by atoms with Gasteiger partial charge in [0.05, 0.1) is 11.0 Å². The third kappa shape index (κ3) is 3.28. The van der Waals surface area contributed by atoms with E-state index in [1.54, 1.807) is 0 Å². The van der Waals surface area contributed by atoms with E-state index in [0.29, 0.717) is 0 Å². The van der Waals surface area contributed by atoms with Gasteiger partial charge in [0, 0.05) is 34.2 Å². The summed E-state index contributed by atoms with van der Waals surface area (Å²) in [6.45, 7) is 3.96. The largest absolute Gasteiger partial charge is 0.326 e. The molecule has 0 spiro atoms. The molecule has 2 aromatic heterocycles. The Morgan fingerprint density at radius 1 is 1.11 bits per heavy atom. The summed E-state index contributed by atoms with van der Waals surface area (Å²) >= 11 is 8.09. The molecule has 144 valence electrons. The average molecular weight is 412 g/mol. The summed E-state index contributed by atoms with van der Waals surface area (Å²) in [5, 5.41) is 2.16. The molecule has 3 heterocycles. The van der Waals surface area contributed by atoms with Crippen molar-refractivity contribution in [3.05, 3.63) is 68.4 Å². The molecule has 0 amide bonds. The van der Waals surface area contributed by atoms with Crippen LogP contribution in [0.5, 0.6) is 0 Å². The first kappa shape index (κ1) is 18.0. The SMILES string of the molecule is O=c1[nH]c2ccccc2n1CCCCN1CCc2c(sc3ccc(Cl)cc23)C1. The normalized spacial score (nSPS) is 14.8. The number of para-hydroxylation sites is 2. The van der Waals surface area contributed by atoms with Gasteiger partial charge in [-0.25, -0.2) is 4.79 Å². The summed E-state index contributed by atoms with van der Waals surface area (Å²) in [7, 11) is 0. The van der Waals surface area contributed by atoms with Crippen LogP contribution in [0.2, 0.25) is 5.02 Å². The van der Waals surface area contributed by atoms with Crippen molar-refractivity contribution in [1.29, 1.82) is 0 Å². The van der Waals surface area contributed by atoms with Gasteiger partial charge in [0.25, 0.3) is 0 Å². The minimum Gasteiger partial charge on any atom is -0.306 e. The second kappa shape index (κ2) is 7.39. The zero-order valence-electron chi connectivity index (χ0n) is 15.6. The first-order valence-electron chi connectivity index (χ1n) is 9.79. The fourth-order valence-electron chi connectivity index (χ4n) is 4.25. The predicted molar refractivity (Wildman–Crippen MR) is 118 cm³/mol. The van der Waals surface area contributed by atoms with Gasteiger partial charge >= 0.3 is 5.69 Å². The number of nitrogens with zero attached hydrogens (tertiary/aromatic N) is 2. The molecule has 0 saturated carbocycles. The number of benzene rings is 2. The van der Waals surface area contributed by atoms with Gasteiger partial charge in [-0.1, -0.05) is 23.7 Å². The molecule has 4 nitrogen and oxygen atoms in total. The van der Waals surface area contributed by atoms with E-state index < -0.39 is 0 Å². The van der Waals surface area contributed by atoms with E-state index in [2.05, 4.69) is 22.0 Å². The molecule has 0 bridgehead atoms. The highest BCUT2D eigenvalue weighted by molar-refractivity contribution is 7.19. The van der Waals surface area contributed by atoms with E-state index in [1.165, 1.54) is 20.5 Å². The van der Waals surface area contributed by atoms with Gasteiger partial charge in [-0.05, 0) is 67.1 Å². The number of halogens is 1. The Labute approximate surface area is 172 Å². The fraction of sp³-hybridized carbons (Fsp3) is 0.318. The number of imidazole rings is 1. The standard InChI is InChI=1S/C22H22ClN3OS/c23-15-7-8-20-17(13-15)16-9-12-25(14-21(16)28-20)10-3-4-11-26-19-6-2-1-5-18(19)24-22(26)27/h1-2,5-8,13H,3-4,9-12,14H2,(H,24,27). The molecular formula is C22H22ClN3OS. The minimum absolute atomic E-state index is 0.00671. The maximum Gasteiger partial charge on any atom is 0.326 e. The highest BCUT2D eigenvalue weighted by Crippen LogP contribution is 2.36. The molecule has 0 unspecified atom stereocenters. The van der Waals surface area contributed by atoms with Crippen LogP contribution in [0.3, 0.4) is 0 Å². The van der Waals surface area contributed by atoms with Crippen molar-refractivity contribution in [1.82, 2.24) is 14.5 Å². The van der Waals surface area contributed by atoms with E-state index in [9.17, 15) is 4.79 Å². The van der Waals surface area contributed by atoms with Crippen LogP contribution in [0, 0.1) is 0 Å². The third-order valence-corrected chi connectivity index (χ3v) is 7.10. The van der Waals surface area contributed by atoms with Crippen LogP contribution in [0.15, 0.2) is 47.3 Å². The number of hydrogen-bond donors (Lipinski definition) is 1. The van der Waals surface area contributed by atoms with Gasteiger partial charge in [0.1, 0.15) is 0 Å². The lowest BCUT2D eigenvalue weighted by Crippen LogP contribution is -2.30. The Kier molecular flexibility index (Phi) is 4.75. The molecule has 2 aromatic carbocycles. The number of nitrogens with one attached hydrogen (secondary N) is 1. The Hall–Kier alpha value is -2.08. The quantitative estimate of drug-likeness (QED) is 0.467. The molecule has 0 radical (unpaired) electrons. The monoisotopic (exact) mass is 411 g/mol. The molecule has 0 saturated heterocycles. The molecule has 0 atom stereocenters. The summed E-state index contributed by atoms with van der Waals surface area (Å²) in [5.74, 6) is 0. The second-order valence-electron chi connectivity index (χ2n) is 7.48. The molecule has 1 aliphatic heterocycles. The van der Waals surface area contributed by atoms with E-state index >= 15 is 0 Å². The minimum atomic E-state index is -0.00671. The Balaban J connectivity index is 1.21. The fourth-order valence-corrected chi connectivity index (χ4v) is 5.70. The number of rotatable bonds is 5. The second-order valence-corrected chi connectivity index (χ2v) is 9.05. The lowest BCUT2D eigenvalue weighted by atomic mass is 10.0. The maximum absolute atomic E-state index is 12.2. The predicted octanol–water partition coefficient (Wildman–Crippen LogP) is 5.04. The smallest absolute Gasteiger partial charge is 0.306 e. The number of H-pyrrole nitrogens is 1. The number of thiophene rings is 1. The van der Waals surface area contributed by atoms with Gasteiger partial charge in [0.15, 0.2) is 0 Å². The average Bonchev–Trinajstić information content (AvgIpc) is 3.21. The first-order valence-corrected chi connectivity index (χ1v) is 11.0. The van der Waals surface area contributed by atoms with Crippen LogP contribution in [0.1, 0.15) is 23.3 Å². The zero-order chi connectivity index (χ0) is 19.1. The van der Waals surface area contributed by atoms with Crippen LogP contribution in [-0.4, -0.2) is 27.5 Å². The van der Waals surface area contributed by atoms with Crippen molar-refractivity contribution < 1.29 is 0 Å². The Morgan fingerprint density at radius 2 is 1.96 bits per heavy atom. The Morgan fingerprint density at radius 3 is 2.89 bits per heavy atom. The summed E-state index contributed by atoms with van der Waals surface area (Å²) in [6, 6.07) is 14.1. The zero-order valence-corrected chi connectivity index (χ0v) is 17.2. The van der Waals surface area contributed by atoms with Crippen LogP contribution >= 0.6 is 22.9 Å². The van der Waals surface area contributed by atoms with E-state index in [-0.39, 0.29) is 5.69 Å². The van der Waals surface area contributed by atoms with Crippen LogP contribution in [-0.2, 0) is 19.5 Å². The molecule has 1 aliphatic rings. The van der Waals surface area contributed by atoms with E-state index in [1.807, 2.05) is 46.2 Å². The van der Waals surface area contributed by atoms with Gasteiger partial charge in [0.2, 0.25) is 0 Å². The van der Waals surface area contributed by atoms with Gasteiger partial charge in [-0.2, -0.15) is 0 Å². The Bertz CT molecular complexity index is 1210. The number of aromatic amines is 1. The maximum atomic E-state index is 12.2. The molecule has 28 heavy (non-hydrogen) atoms. The summed E-state index contributed by atoms with van der Waals surface area (Å²) in [4.78, 5) is 19.1. The van der Waals surface area contributed by atoms with Crippen LogP contribution < -0.4 is 5.69 Å². The van der Waals surface area contributed by atoms with E-state index in [0.717, 1.165) is 61.5 Å². The molecule has 1 N–H and O–H groups in total. The lowest BCUT2D eigenvalue weighted by molar-refractivity contribution is 0.251. The van der Waals surface area contributed by atoms with Crippen molar-refractivity contribution in [2.24, 2.45) is 0 Å². The number of hydrogen-bond acceptors (Lipinski definition) is 3. The molecule has 4 aromatic rings. The topological polar surface area (TPSA) is 41.0 Å². The number of fused-ring (bicyclic) bond motifs is 4. The first-order chi connectivity index (χ1) is 13.7. The molecule has 0 aliphatic carbocycles. The molecule has 0 fully saturated rings. The van der Waals surface area contributed by atoms with Crippen molar-refractivity contribution in [2.45, 2.75) is 32.4 Å². The molecule has 6 heteroatoms. The van der Waals surface area contributed by atoms with Crippen molar-refractivity contribution in [2.75, 3.05) is 13.1 Å². The van der Waals surface area contributed by atoms with Crippen LogP contribution in [0.4, 0.5) is 0 Å². The number of aromatic nitrogens is 2. The third-order valence-electron chi connectivity index (χ3n) is 5.67. The van der Waals surface area contributed by atoms with Crippen molar-refractivity contribution >= 4 is 44.1 Å². The summed E-state index contributed by atoms with van der Waals surface area (Å²) < 4.78 is 3.20. The highest BCUT2D eigenvalue weighted by atomic mass is 35.5. The number of aryl methyl sites for hydroxylation is 1. The summed E-state index contributed by atoms with van der Waals surface area (Å²) in [6.07, 6.45) is 3.20. The highest BCUT2D eigenvalue weighted by Gasteiger charge is 2.20. The van der Waals surface area contributed by atoms with Gasteiger partial charge in [-0.15, -0.1) is 11.3 Å². The van der Waals surface area contributed by atoms with Gasteiger partial charge < -0.3 is 4.98 Å². The van der Waals surface area contributed by atoms with E-state index in [4.69, 9.17) is 11.6 Å². The van der Waals surface area contributed by atoms with Crippen molar-refractivity contribution in [3.8, 4) is 0 Å².